The minimum atomic E-state index is -0.312. The first-order valence-electron chi connectivity index (χ1n) is 9.23. The Balaban J connectivity index is 0. The van der Waals surface area contributed by atoms with Crippen molar-refractivity contribution >= 4 is 5.97 Å². The summed E-state index contributed by atoms with van der Waals surface area (Å²) in [4.78, 5) is 10.6. The lowest BCUT2D eigenvalue weighted by atomic mass is 10.1. The van der Waals surface area contributed by atoms with Gasteiger partial charge in [0.1, 0.15) is 0 Å². The number of hydrogen-bond acceptors (Lipinski definition) is 4. The predicted octanol–water partition coefficient (Wildman–Crippen LogP) is 4.39. The number of esters is 1. The van der Waals surface area contributed by atoms with Crippen molar-refractivity contribution in [2.45, 2.75) is 84.0 Å². The monoisotopic (exact) mass is 330 g/mol. The Morgan fingerprint density at radius 3 is 1.70 bits per heavy atom. The molecule has 0 aliphatic heterocycles. The fourth-order valence-electron chi connectivity index (χ4n) is 2.04. The first-order chi connectivity index (χ1) is 11.2. The first-order valence-corrected chi connectivity index (χ1v) is 9.23. The summed E-state index contributed by atoms with van der Waals surface area (Å²) in [5.41, 5.74) is 0. The molecule has 0 fully saturated rings. The normalized spacial score (nSPS) is 9.87. The minimum Gasteiger partial charge on any atom is -0.463 e. The van der Waals surface area contributed by atoms with Crippen molar-refractivity contribution in [1.29, 1.82) is 0 Å². The third-order valence-electron chi connectivity index (χ3n) is 3.48. The summed E-state index contributed by atoms with van der Waals surface area (Å²) in [5.74, 6) is -0.312. The van der Waals surface area contributed by atoms with Gasteiger partial charge in [-0.1, -0.05) is 71.3 Å². The van der Waals surface area contributed by atoms with E-state index in [1.807, 2.05) is 0 Å². The SMILES string of the molecule is C=CC(=O)OCCCCCCCC.OCCCCCCCCO. The molecule has 0 aromatic carbocycles. The van der Waals surface area contributed by atoms with Gasteiger partial charge in [0.15, 0.2) is 0 Å². The van der Waals surface area contributed by atoms with E-state index in [1.165, 1.54) is 44.6 Å². The van der Waals surface area contributed by atoms with E-state index in [9.17, 15) is 4.79 Å². The molecule has 2 N–H and O–H groups in total. The van der Waals surface area contributed by atoms with E-state index in [2.05, 4.69) is 13.5 Å². The van der Waals surface area contributed by atoms with Crippen molar-refractivity contribution < 1.29 is 19.7 Å². The number of rotatable bonds is 15. The van der Waals surface area contributed by atoms with E-state index >= 15 is 0 Å². The molecule has 0 spiro atoms. The second kappa shape index (κ2) is 23.4. The Morgan fingerprint density at radius 2 is 1.26 bits per heavy atom. The average Bonchev–Trinajstić information content (AvgIpc) is 2.57. The van der Waals surface area contributed by atoms with Crippen molar-refractivity contribution in [3.8, 4) is 0 Å². The summed E-state index contributed by atoms with van der Waals surface area (Å²) in [6.45, 7) is 6.70. The highest BCUT2D eigenvalue weighted by Crippen LogP contribution is 2.05. The Bertz CT molecular complexity index is 234. The highest BCUT2D eigenvalue weighted by Gasteiger charge is 1.94. The third kappa shape index (κ3) is 26.4. The quantitative estimate of drug-likeness (QED) is 0.265. The first kappa shape index (κ1) is 24.4. The van der Waals surface area contributed by atoms with Gasteiger partial charge in [0.2, 0.25) is 0 Å². The van der Waals surface area contributed by atoms with Crippen LogP contribution in [-0.2, 0) is 9.53 Å². The summed E-state index contributed by atoms with van der Waals surface area (Å²) in [6.07, 6.45) is 15.0. The van der Waals surface area contributed by atoms with Gasteiger partial charge in [0.25, 0.3) is 0 Å². The molecule has 138 valence electrons. The maximum absolute atomic E-state index is 10.6. The molecule has 0 atom stereocenters. The summed E-state index contributed by atoms with van der Waals surface area (Å²) in [6, 6.07) is 0. The van der Waals surface area contributed by atoms with E-state index in [0.717, 1.165) is 38.5 Å². The van der Waals surface area contributed by atoms with E-state index < -0.39 is 0 Å². The van der Waals surface area contributed by atoms with Crippen LogP contribution in [0.25, 0.3) is 0 Å². The largest absolute Gasteiger partial charge is 0.463 e. The Labute approximate surface area is 142 Å². The van der Waals surface area contributed by atoms with Crippen LogP contribution >= 0.6 is 0 Å². The van der Waals surface area contributed by atoms with Crippen molar-refractivity contribution in [3.63, 3.8) is 0 Å². The second-order valence-corrected chi connectivity index (χ2v) is 5.71. The Kier molecular flexibility index (Phi) is 24.8. The van der Waals surface area contributed by atoms with Crippen LogP contribution in [0.5, 0.6) is 0 Å². The molecule has 0 amide bonds. The lowest BCUT2D eigenvalue weighted by Crippen LogP contribution is -2.01. The molecule has 4 heteroatoms. The van der Waals surface area contributed by atoms with Gasteiger partial charge in [-0.15, -0.1) is 0 Å². The van der Waals surface area contributed by atoms with Crippen LogP contribution in [0.3, 0.4) is 0 Å². The summed E-state index contributed by atoms with van der Waals surface area (Å²) in [5, 5.41) is 16.9. The van der Waals surface area contributed by atoms with Crippen LogP contribution in [0, 0.1) is 0 Å². The highest BCUT2D eigenvalue weighted by molar-refractivity contribution is 5.81. The molecule has 0 rings (SSSR count). The number of ether oxygens (including phenoxy) is 1. The van der Waals surface area contributed by atoms with Gasteiger partial charge in [0, 0.05) is 19.3 Å². The molecular formula is C19H38O4. The van der Waals surface area contributed by atoms with Crippen LogP contribution in [0.2, 0.25) is 0 Å². The molecule has 4 nitrogen and oxygen atoms in total. The summed E-state index contributed by atoms with van der Waals surface area (Å²) in [7, 11) is 0. The van der Waals surface area contributed by atoms with Gasteiger partial charge in [-0.05, 0) is 19.3 Å². The van der Waals surface area contributed by atoms with Crippen LogP contribution in [0.15, 0.2) is 12.7 Å². The molecule has 0 radical (unpaired) electrons. The zero-order chi connectivity index (χ0) is 17.6. The average molecular weight is 331 g/mol. The summed E-state index contributed by atoms with van der Waals surface area (Å²) < 4.78 is 4.84. The standard InChI is InChI=1S/C11H20O2.C8H18O2/c1-3-5-6-7-8-9-10-13-11(12)4-2;9-7-5-3-1-2-4-6-8-10/h4H,2-3,5-10H2,1H3;9-10H,1-8H2. The number of aliphatic hydroxyl groups is 2. The lowest BCUT2D eigenvalue weighted by molar-refractivity contribution is -0.137. The van der Waals surface area contributed by atoms with Crippen molar-refractivity contribution in [2.24, 2.45) is 0 Å². The number of carbonyl (C=O) groups excluding carboxylic acids is 1. The second-order valence-electron chi connectivity index (χ2n) is 5.71. The third-order valence-corrected chi connectivity index (χ3v) is 3.48. The van der Waals surface area contributed by atoms with E-state index in [-0.39, 0.29) is 5.97 Å². The van der Waals surface area contributed by atoms with Crippen molar-refractivity contribution in [1.82, 2.24) is 0 Å². The van der Waals surface area contributed by atoms with Gasteiger partial charge < -0.3 is 14.9 Å². The Morgan fingerprint density at radius 1 is 0.826 bits per heavy atom. The molecule has 0 aromatic heterocycles. The number of hydrogen-bond donors (Lipinski definition) is 2. The smallest absolute Gasteiger partial charge is 0.330 e. The van der Waals surface area contributed by atoms with Crippen LogP contribution < -0.4 is 0 Å². The van der Waals surface area contributed by atoms with Crippen LogP contribution in [-0.4, -0.2) is 36.0 Å². The van der Waals surface area contributed by atoms with Crippen molar-refractivity contribution in [3.05, 3.63) is 12.7 Å². The molecule has 0 bridgehead atoms. The van der Waals surface area contributed by atoms with E-state index in [4.69, 9.17) is 14.9 Å². The topological polar surface area (TPSA) is 66.8 Å². The molecule has 0 aliphatic rings. The van der Waals surface area contributed by atoms with Crippen molar-refractivity contribution in [2.75, 3.05) is 19.8 Å². The summed E-state index contributed by atoms with van der Waals surface area (Å²) >= 11 is 0. The van der Waals surface area contributed by atoms with Gasteiger partial charge >= 0.3 is 5.97 Å². The maximum atomic E-state index is 10.6. The van der Waals surface area contributed by atoms with Gasteiger partial charge in [0.05, 0.1) is 6.61 Å². The molecule has 0 saturated heterocycles. The van der Waals surface area contributed by atoms with Gasteiger partial charge in [-0.3, -0.25) is 0 Å². The van der Waals surface area contributed by atoms with E-state index in [1.54, 1.807) is 0 Å². The van der Waals surface area contributed by atoms with Crippen LogP contribution in [0.4, 0.5) is 0 Å². The number of carbonyl (C=O) groups is 1. The Hall–Kier alpha value is -0.870. The fraction of sp³-hybridized carbons (Fsp3) is 0.842. The van der Waals surface area contributed by atoms with Gasteiger partial charge in [-0.2, -0.15) is 0 Å². The minimum absolute atomic E-state index is 0.312. The molecule has 0 saturated carbocycles. The molecule has 0 aromatic rings. The zero-order valence-electron chi connectivity index (χ0n) is 15.1. The molecular weight excluding hydrogens is 292 g/mol. The molecule has 23 heavy (non-hydrogen) atoms. The highest BCUT2D eigenvalue weighted by atomic mass is 16.5. The van der Waals surface area contributed by atoms with Gasteiger partial charge in [-0.25, -0.2) is 4.79 Å². The zero-order valence-corrected chi connectivity index (χ0v) is 15.1. The predicted molar refractivity (Wildman–Crippen MR) is 96.4 cm³/mol. The molecule has 0 heterocycles. The van der Waals surface area contributed by atoms with Crippen LogP contribution in [0.1, 0.15) is 84.0 Å². The fourth-order valence-corrected chi connectivity index (χ4v) is 2.04. The lowest BCUT2D eigenvalue weighted by Gasteiger charge is -2.01. The molecule has 0 unspecified atom stereocenters. The maximum Gasteiger partial charge on any atom is 0.330 e. The number of unbranched alkanes of at least 4 members (excludes halogenated alkanes) is 10. The number of aliphatic hydroxyl groups excluding tert-OH is 2. The van der Waals surface area contributed by atoms with E-state index in [0.29, 0.717) is 19.8 Å². The molecule has 0 aliphatic carbocycles.